The maximum atomic E-state index is 8.24. The highest BCUT2D eigenvalue weighted by molar-refractivity contribution is 5.78. The van der Waals surface area contributed by atoms with Crippen LogP contribution in [0.4, 0.5) is 0 Å². The lowest BCUT2D eigenvalue weighted by molar-refractivity contribution is -0.660. The summed E-state index contributed by atoms with van der Waals surface area (Å²) in [6.07, 6.45) is 44.8. The van der Waals surface area contributed by atoms with Crippen LogP contribution in [-0.2, 0) is 79.6 Å². The van der Waals surface area contributed by atoms with Crippen molar-refractivity contribution < 1.29 is 34.7 Å². The highest BCUT2D eigenvalue weighted by Crippen LogP contribution is 2.53. The Bertz CT molecular complexity index is 6190. The minimum atomic E-state index is -2.17. The third-order valence-corrected chi connectivity index (χ3v) is 29.5. The van der Waals surface area contributed by atoms with Crippen molar-refractivity contribution in [2.45, 2.75) is 241 Å². The SMILES string of the molecule is [2H]C([2H])([2H])c1c[n+](C)c(-c2ccccc2C)cc1-c1ccc2c(c1)CC1(CCCC1)C2.[2H]C([2H])([2H])c1c[n+](C)c(-c2ccccc2C)cc1-c1ccc2c(c1)CC1(CCCCC1)C2.[2H]C([2H])([2H])c1c[n+](C)c(-c2ccccc2C)cc1-c1ccc2c(c1)CC1(CCCCC1)CC2.[2H]C([2H])([2H])c1c[n+](C)c(-c2ccccc2C)cc1-c1ccc2c(c1)CCC1(CCCCC1)C2. The average molecular weight is 1560 g/mol. The van der Waals surface area contributed by atoms with Gasteiger partial charge in [0.15, 0.2) is 24.8 Å². The molecule has 8 aromatic carbocycles. The van der Waals surface area contributed by atoms with E-state index in [0.29, 0.717) is 43.9 Å². The van der Waals surface area contributed by atoms with Crippen LogP contribution >= 0.6 is 0 Å². The van der Waals surface area contributed by atoms with E-state index in [0.717, 1.165) is 122 Å². The van der Waals surface area contributed by atoms with E-state index in [1.165, 1.54) is 221 Å². The molecule has 4 nitrogen and oxygen atoms in total. The third kappa shape index (κ3) is 16.7. The molecular weight excluding hydrogens is 1410 g/mol. The Hall–Kier alpha value is -9.64. The first-order chi connectivity index (χ1) is 61.5. The minimum Gasteiger partial charge on any atom is -0.201 e. The molecule has 0 unspecified atom stereocenters. The summed E-state index contributed by atoms with van der Waals surface area (Å²) in [5.41, 5.74) is 35.9. The predicted octanol–water partition coefficient (Wildman–Crippen LogP) is 26.4. The lowest BCUT2D eigenvalue weighted by Crippen LogP contribution is -2.31. The van der Waals surface area contributed by atoms with Crippen LogP contribution in [0.25, 0.3) is 89.5 Å². The second-order valence-electron chi connectivity index (χ2n) is 37.5. The van der Waals surface area contributed by atoms with E-state index >= 15 is 0 Å². The molecule has 0 saturated heterocycles. The third-order valence-electron chi connectivity index (χ3n) is 29.5. The van der Waals surface area contributed by atoms with Gasteiger partial charge in [0.25, 0.3) is 0 Å². The largest absolute Gasteiger partial charge is 0.213 e. The van der Waals surface area contributed by atoms with Gasteiger partial charge in [0.1, 0.15) is 28.2 Å². The fourth-order valence-corrected chi connectivity index (χ4v) is 22.8. The number of aryl methyl sites for hydroxylation is 14. The molecule has 12 aromatic rings. The van der Waals surface area contributed by atoms with E-state index < -0.39 is 27.4 Å². The van der Waals surface area contributed by atoms with Crippen LogP contribution in [0.1, 0.15) is 240 Å². The van der Waals surface area contributed by atoms with Gasteiger partial charge in [-0.05, 0) is 328 Å². The van der Waals surface area contributed by atoms with Crippen molar-refractivity contribution in [3.8, 4) is 89.5 Å². The zero-order chi connectivity index (χ0) is 90.7. The molecule has 0 atom stereocenters. The van der Waals surface area contributed by atoms with Crippen molar-refractivity contribution in [1.29, 1.82) is 0 Å². The molecule has 4 heterocycles. The minimum absolute atomic E-state index is 0.417. The summed E-state index contributed by atoms with van der Waals surface area (Å²) in [4.78, 5) is 0. The Morgan fingerprint density at radius 3 is 0.778 bits per heavy atom. The van der Waals surface area contributed by atoms with Gasteiger partial charge in [-0.3, -0.25) is 0 Å². The van der Waals surface area contributed by atoms with Gasteiger partial charge >= 0.3 is 0 Å². The van der Waals surface area contributed by atoms with E-state index in [-0.39, 0.29) is 0 Å². The van der Waals surface area contributed by atoms with Gasteiger partial charge in [-0.2, -0.15) is 0 Å². The van der Waals surface area contributed by atoms with Gasteiger partial charge in [-0.1, -0.05) is 216 Å². The molecule has 4 saturated carbocycles. The van der Waals surface area contributed by atoms with Gasteiger partial charge in [0.05, 0.1) is 0 Å². The van der Waals surface area contributed by atoms with Gasteiger partial charge in [-0.15, -0.1) is 0 Å². The summed E-state index contributed by atoms with van der Waals surface area (Å²) in [7, 11) is 7.77. The van der Waals surface area contributed by atoms with Crippen LogP contribution in [0.5, 0.6) is 0 Å². The van der Waals surface area contributed by atoms with Crippen LogP contribution in [0.3, 0.4) is 0 Å². The van der Waals surface area contributed by atoms with Gasteiger partial charge in [0.2, 0.25) is 22.8 Å². The lowest BCUT2D eigenvalue weighted by Gasteiger charge is -2.41. The van der Waals surface area contributed by atoms with Crippen molar-refractivity contribution in [2.75, 3.05) is 0 Å². The van der Waals surface area contributed by atoms with Crippen molar-refractivity contribution in [2.24, 2.45) is 49.9 Å². The highest BCUT2D eigenvalue weighted by atomic mass is 14.9. The maximum absolute atomic E-state index is 8.24. The van der Waals surface area contributed by atoms with Crippen LogP contribution in [0.2, 0.25) is 0 Å². The van der Waals surface area contributed by atoms with Crippen molar-refractivity contribution in [3.05, 3.63) is 308 Å². The molecule has 0 N–H and O–H groups in total. The van der Waals surface area contributed by atoms with E-state index in [2.05, 4.69) is 173 Å². The summed E-state index contributed by atoms with van der Waals surface area (Å²) in [6.45, 7) is -0.252. The van der Waals surface area contributed by atoms with E-state index in [9.17, 15) is 0 Å². The number of fused-ring (bicyclic) bond motifs is 4. The number of pyridine rings is 4. The average Bonchev–Trinajstić information content (AvgIpc) is 1.06. The summed E-state index contributed by atoms with van der Waals surface area (Å²) >= 11 is 0. The maximum Gasteiger partial charge on any atom is 0.213 e. The van der Waals surface area contributed by atoms with Crippen LogP contribution < -0.4 is 18.3 Å². The second-order valence-corrected chi connectivity index (χ2v) is 37.5. The van der Waals surface area contributed by atoms with Gasteiger partial charge < -0.3 is 0 Å². The summed E-state index contributed by atoms with van der Waals surface area (Å²) in [5.74, 6) is 0. The first kappa shape index (κ1) is 66.3. The Morgan fingerprint density at radius 1 is 0.222 bits per heavy atom. The molecule has 4 fully saturated rings. The molecule has 8 aliphatic rings. The fourth-order valence-electron chi connectivity index (χ4n) is 22.8. The zero-order valence-corrected chi connectivity index (χ0v) is 71.1. The molecule has 4 spiro atoms. The molecule has 598 valence electrons. The number of nitrogens with zero attached hydrogens (tertiary/aromatic N) is 4. The van der Waals surface area contributed by atoms with Gasteiger partial charge in [-0.25, -0.2) is 18.3 Å². The number of hydrogen-bond acceptors (Lipinski definition) is 0. The molecule has 0 aliphatic heterocycles. The lowest BCUT2D eigenvalue weighted by atomic mass is 9.64. The normalized spacial score (nSPS) is 19.5. The summed E-state index contributed by atoms with van der Waals surface area (Å²) in [5, 5.41) is 0. The fraction of sp³-hybridized carbons (Fsp3) is 0.398. The molecule has 4 aromatic heterocycles. The Balaban J connectivity index is 0.000000121. The number of benzene rings is 8. The molecular formula is C113H130N4+4. The van der Waals surface area contributed by atoms with Crippen LogP contribution in [-0.4, -0.2) is 0 Å². The molecule has 0 amide bonds. The molecule has 0 bridgehead atoms. The Labute approximate surface area is 719 Å². The van der Waals surface area contributed by atoms with E-state index in [4.69, 9.17) is 16.4 Å². The quantitative estimate of drug-likeness (QED) is 0.135. The van der Waals surface area contributed by atoms with Gasteiger partial charge in [0, 0.05) is 85.2 Å². The van der Waals surface area contributed by atoms with Crippen LogP contribution in [0, 0.1) is 76.8 Å². The van der Waals surface area contributed by atoms with E-state index in [1.807, 2.05) is 101 Å². The van der Waals surface area contributed by atoms with E-state index in [1.54, 1.807) is 18.6 Å². The number of rotatable bonds is 8. The van der Waals surface area contributed by atoms with Crippen molar-refractivity contribution in [1.82, 2.24) is 0 Å². The topological polar surface area (TPSA) is 15.5 Å². The predicted molar refractivity (Wildman–Crippen MR) is 488 cm³/mol. The smallest absolute Gasteiger partial charge is 0.201 e. The zero-order valence-electron chi connectivity index (χ0n) is 83.1. The van der Waals surface area contributed by atoms with Crippen molar-refractivity contribution >= 4 is 0 Å². The monoisotopic (exact) mass is 1560 g/mol. The summed E-state index contributed by atoms with van der Waals surface area (Å²) < 4.78 is 106. The first-order valence-corrected chi connectivity index (χ1v) is 44.4. The Kier molecular flexibility index (Phi) is 19.1. The molecule has 20 rings (SSSR count). The Morgan fingerprint density at radius 2 is 0.462 bits per heavy atom. The molecule has 117 heavy (non-hydrogen) atoms. The second kappa shape index (κ2) is 33.6. The summed E-state index contributed by atoms with van der Waals surface area (Å²) in [6, 6.07) is 68.3. The number of hydrogen-bond donors (Lipinski definition) is 0. The standard InChI is InChI=1S/2C29H34N.C28H32N.C27H30N/c1-21-9-5-6-10-26(21)28-18-27(22(2)20-30(28)3)24-11-12-25-19-29(14-7-4-8-15-29)16-13-23(25)17-24;1-21-9-5-6-10-26(21)28-18-27(22(2)20-30(28)3)24-12-11-23-13-16-29(19-25(23)17-24)14-7-4-8-15-29;1-20-9-5-6-10-25(20)27-16-26(21(2)19-29(27)3)22-11-12-23-17-28(18-24(23)15-22)13-7-4-8-14-28;1-19-8-4-5-9-24(19)26-15-25(20(2)18-28(26)3)21-10-11-22-16-27(12-6-7-13-27)17-23(22)14-21/h2*5-6,9-12,17-18,20H,4,7-8,13-16,19H2,1-3H3;5-6,9-12,15-16,19H,4,7-8,13-14,17-18H2,1-3H3;4-5,8-11,14-15,18H,6-7,12-13,16-17H2,1-3H3/q4*+1/i4*2D3. The molecule has 4 heteroatoms. The molecule has 8 aliphatic carbocycles. The first-order valence-electron chi connectivity index (χ1n) is 50.4. The highest BCUT2D eigenvalue weighted by Gasteiger charge is 2.42. The van der Waals surface area contributed by atoms with Crippen molar-refractivity contribution in [3.63, 3.8) is 0 Å². The van der Waals surface area contributed by atoms with Crippen LogP contribution in [0.15, 0.2) is 219 Å². The number of aromatic nitrogens is 4. The molecule has 0 radical (unpaired) electrons.